The first kappa shape index (κ1) is 10.5. The molecule has 0 spiro atoms. The molecule has 0 rings (SSSR count). The summed E-state index contributed by atoms with van der Waals surface area (Å²) < 4.78 is 0. The van der Waals surface area contributed by atoms with Gasteiger partial charge in [0.05, 0.1) is 11.7 Å². The summed E-state index contributed by atoms with van der Waals surface area (Å²) in [6, 6.07) is 0. The average Bonchev–Trinajstić information content (AvgIpc) is 1.98. The molecule has 0 aromatic carbocycles. The Balaban J connectivity index is 3.94. The lowest BCUT2D eigenvalue weighted by molar-refractivity contribution is -0.138. The third kappa shape index (κ3) is 4.03. The van der Waals surface area contributed by atoms with E-state index < -0.39 is 5.97 Å². The summed E-state index contributed by atoms with van der Waals surface area (Å²) in [5.74, 6) is -0.897. The van der Waals surface area contributed by atoms with Gasteiger partial charge in [-0.25, -0.2) is 0 Å². The summed E-state index contributed by atoms with van der Waals surface area (Å²) in [6.07, 6.45) is 2.10. The largest absolute Gasteiger partial charge is 0.481 e. The summed E-state index contributed by atoms with van der Waals surface area (Å²) in [5, 5.41) is 8.03. The first-order chi connectivity index (χ1) is 5.11. The number of Topliss-reactive ketones (excluding diaryl/α,β-unsaturated/α-hetero) is 1. The van der Waals surface area contributed by atoms with Crippen molar-refractivity contribution in [3.63, 3.8) is 0 Å². The van der Waals surface area contributed by atoms with Gasteiger partial charge in [-0.05, 0) is 6.26 Å². The minimum absolute atomic E-state index is 0.0138. The monoisotopic (exact) mass is 176 g/mol. The van der Waals surface area contributed by atoms with Crippen LogP contribution in [0.3, 0.4) is 0 Å². The van der Waals surface area contributed by atoms with Crippen LogP contribution in [0.2, 0.25) is 0 Å². The Labute approximate surface area is 70.2 Å². The molecule has 0 aromatic rings. The van der Waals surface area contributed by atoms with Crippen molar-refractivity contribution in [3.05, 3.63) is 0 Å². The van der Waals surface area contributed by atoms with E-state index in [9.17, 15) is 9.59 Å². The zero-order valence-corrected chi connectivity index (χ0v) is 7.48. The zero-order chi connectivity index (χ0) is 8.85. The van der Waals surface area contributed by atoms with Gasteiger partial charge in [0, 0.05) is 6.42 Å². The molecule has 64 valence electrons. The van der Waals surface area contributed by atoms with Crippen LogP contribution in [-0.2, 0) is 9.59 Å². The van der Waals surface area contributed by atoms with E-state index in [0.29, 0.717) is 6.42 Å². The Bertz CT molecular complexity index is 156. The Morgan fingerprint density at radius 2 is 2.09 bits per heavy atom. The Kier molecular flexibility index (Phi) is 4.94. The number of ketones is 1. The quantitative estimate of drug-likeness (QED) is 0.683. The van der Waals surface area contributed by atoms with Crippen LogP contribution in [0.1, 0.15) is 19.8 Å². The maximum atomic E-state index is 11.0. The lowest BCUT2D eigenvalue weighted by atomic mass is 10.2. The van der Waals surface area contributed by atoms with Crippen molar-refractivity contribution in [2.24, 2.45) is 0 Å². The van der Waals surface area contributed by atoms with Crippen LogP contribution in [-0.4, -0.2) is 28.4 Å². The van der Waals surface area contributed by atoms with E-state index in [0.717, 1.165) is 0 Å². The maximum absolute atomic E-state index is 11.0. The van der Waals surface area contributed by atoms with Crippen LogP contribution in [0.15, 0.2) is 0 Å². The number of thioether (sulfide) groups is 1. The van der Waals surface area contributed by atoms with Gasteiger partial charge in [0.1, 0.15) is 5.78 Å². The first-order valence-corrected chi connectivity index (χ1v) is 4.67. The van der Waals surface area contributed by atoms with E-state index in [1.165, 1.54) is 11.8 Å². The van der Waals surface area contributed by atoms with Crippen molar-refractivity contribution < 1.29 is 14.7 Å². The molecule has 0 aliphatic rings. The number of rotatable bonds is 5. The molecule has 4 heteroatoms. The van der Waals surface area contributed by atoms with Crippen LogP contribution in [0.4, 0.5) is 0 Å². The SMILES string of the molecule is CCC(=O)C(CC(=O)O)SC. The molecule has 0 aromatic heterocycles. The summed E-state index contributed by atoms with van der Waals surface area (Å²) >= 11 is 1.30. The maximum Gasteiger partial charge on any atom is 0.304 e. The fourth-order valence-corrected chi connectivity index (χ4v) is 1.45. The predicted octanol–water partition coefficient (Wildman–Crippen LogP) is 1.17. The fraction of sp³-hybridized carbons (Fsp3) is 0.714. The lowest BCUT2D eigenvalue weighted by Crippen LogP contribution is -2.19. The van der Waals surface area contributed by atoms with Crippen molar-refractivity contribution in [2.75, 3.05) is 6.26 Å². The third-order valence-electron chi connectivity index (χ3n) is 1.35. The van der Waals surface area contributed by atoms with E-state index in [-0.39, 0.29) is 17.5 Å². The molecule has 0 saturated heterocycles. The molecule has 0 saturated carbocycles. The van der Waals surface area contributed by atoms with Crippen molar-refractivity contribution in [3.8, 4) is 0 Å². The van der Waals surface area contributed by atoms with Gasteiger partial charge in [0.25, 0.3) is 0 Å². The minimum Gasteiger partial charge on any atom is -0.481 e. The van der Waals surface area contributed by atoms with Gasteiger partial charge in [0.2, 0.25) is 0 Å². The number of carbonyl (C=O) groups is 2. The second kappa shape index (κ2) is 5.18. The summed E-state index contributed by atoms with van der Waals surface area (Å²) in [6.45, 7) is 1.74. The van der Waals surface area contributed by atoms with Crippen LogP contribution < -0.4 is 0 Å². The molecule has 0 aliphatic heterocycles. The van der Waals surface area contributed by atoms with Gasteiger partial charge in [-0.1, -0.05) is 6.92 Å². The van der Waals surface area contributed by atoms with Gasteiger partial charge >= 0.3 is 5.97 Å². The second-order valence-electron chi connectivity index (χ2n) is 2.14. The highest BCUT2D eigenvalue weighted by Crippen LogP contribution is 2.13. The molecule has 11 heavy (non-hydrogen) atoms. The number of aliphatic carboxylic acids is 1. The highest BCUT2D eigenvalue weighted by atomic mass is 32.2. The molecule has 3 nitrogen and oxygen atoms in total. The number of carboxylic acid groups (broad SMARTS) is 1. The van der Waals surface area contributed by atoms with E-state index in [1.54, 1.807) is 13.2 Å². The molecule has 0 fully saturated rings. The summed E-state index contributed by atoms with van der Waals surface area (Å²) in [4.78, 5) is 21.2. The standard InChI is InChI=1S/C7H12O3S/c1-3-5(8)6(11-2)4-7(9)10/h6H,3-4H2,1-2H3,(H,9,10). The van der Waals surface area contributed by atoms with Crippen molar-refractivity contribution in [2.45, 2.75) is 25.0 Å². The molecular formula is C7H12O3S. The van der Waals surface area contributed by atoms with Crippen molar-refractivity contribution >= 4 is 23.5 Å². The van der Waals surface area contributed by atoms with Crippen LogP contribution >= 0.6 is 11.8 Å². The van der Waals surface area contributed by atoms with E-state index in [1.807, 2.05) is 0 Å². The fourth-order valence-electron chi connectivity index (χ4n) is 0.715. The van der Waals surface area contributed by atoms with Crippen LogP contribution in [0, 0.1) is 0 Å². The topological polar surface area (TPSA) is 54.4 Å². The number of hydrogen-bond acceptors (Lipinski definition) is 3. The molecule has 0 amide bonds. The van der Waals surface area contributed by atoms with Crippen LogP contribution in [0.25, 0.3) is 0 Å². The van der Waals surface area contributed by atoms with Crippen molar-refractivity contribution in [1.29, 1.82) is 0 Å². The number of carbonyl (C=O) groups excluding carboxylic acids is 1. The molecule has 0 bridgehead atoms. The number of carboxylic acids is 1. The molecule has 1 N–H and O–H groups in total. The normalized spacial score (nSPS) is 12.5. The molecule has 1 atom stereocenters. The van der Waals surface area contributed by atoms with Gasteiger partial charge in [0.15, 0.2) is 0 Å². The van der Waals surface area contributed by atoms with Gasteiger partial charge < -0.3 is 5.11 Å². The highest BCUT2D eigenvalue weighted by Gasteiger charge is 2.18. The first-order valence-electron chi connectivity index (χ1n) is 3.39. The Hall–Kier alpha value is -0.510. The van der Waals surface area contributed by atoms with Crippen LogP contribution in [0.5, 0.6) is 0 Å². The van der Waals surface area contributed by atoms with E-state index in [4.69, 9.17) is 5.11 Å². The zero-order valence-electron chi connectivity index (χ0n) is 6.66. The van der Waals surface area contributed by atoms with E-state index in [2.05, 4.69) is 0 Å². The Morgan fingerprint density at radius 1 is 1.55 bits per heavy atom. The van der Waals surface area contributed by atoms with Gasteiger partial charge in [-0.3, -0.25) is 9.59 Å². The lowest BCUT2D eigenvalue weighted by Gasteiger charge is -2.07. The molecular weight excluding hydrogens is 164 g/mol. The summed E-state index contributed by atoms with van der Waals surface area (Å²) in [7, 11) is 0. The smallest absolute Gasteiger partial charge is 0.304 e. The van der Waals surface area contributed by atoms with E-state index >= 15 is 0 Å². The predicted molar refractivity (Wildman–Crippen MR) is 44.9 cm³/mol. The molecule has 0 heterocycles. The highest BCUT2D eigenvalue weighted by molar-refractivity contribution is 7.99. The van der Waals surface area contributed by atoms with Gasteiger partial charge in [-0.15, -0.1) is 0 Å². The van der Waals surface area contributed by atoms with Crippen molar-refractivity contribution in [1.82, 2.24) is 0 Å². The van der Waals surface area contributed by atoms with Gasteiger partial charge in [-0.2, -0.15) is 11.8 Å². The average molecular weight is 176 g/mol. The molecule has 0 radical (unpaired) electrons. The third-order valence-corrected chi connectivity index (χ3v) is 2.35. The molecule has 0 aliphatic carbocycles. The second-order valence-corrected chi connectivity index (χ2v) is 3.18. The Morgan fingerprint density at radius 3 is 2.36 bits per heavy atom. The summed E-state index contributed by atoms with van der Waals surface area (Å²) in [5.41, 5.74) is 0. The number of hydrogen-bond donors (Lipinski definition) is 1. The molecule has 1 unspecified atom stereocenters. The minimum atomic E-state index is -0.911.